The van der Waals surface area contributed by atoms with Crippen LogP contribution in [0.5, 0.6) is 0 Å². The summed E-state index contributed by atoms with van der Waals surface area (Å²) in [6.45, 7) is 6.26. The molecule has 0 bridgehead atoms. The van der Waals surface area contributed by atoms with Crippen LogP contribution in [0.2, 0.25) is 0 Å². The van der Waals surface area contributed by atoms with Crippen molar-refractivity contribution in [1.82, 2.24) is 10.3 Å². The van der Waals surface area contributed by atoms with E-state index in [1.807, 2.05) is 0 Å². The van der Waals surface area contributed by atoms with E-state index >= 15 is 0 Å². The molecule has 1 heterocycles. The summed E-state index contributed by atoms with van der Waals surface area (Å²) in [5, 5.41) is 3.21. The van der Waals surface area contributed by atoms with Crippen molar-refractivity contribution in [1.29, 1.82) is 0 Å². The number of aromatic nitrogens is 1. The molecule has 4 nitrogen and oxygen atoms in total. The zero-order chi connectivity index (χ0) is 13.7. The fourth-order valence-corrected chi connectivity index (χ4v) is 2.01. The standard InChI is InChI=1S/C15H20N2O2/c1-11-6-12(2)8-13(7-11)14-9-17-15(19-14)10-16-4-5-18-3/h6-9,16H,4-5,10H2,1-3H3. The van der Waals surface area contributed by atoms with Crippen LogP contribution in [-0.4, -0.2) is 25.2 Å². The summed E-state index contributed by atoms with van der Waals surface area (Å²) >= 11 is 0. The summed E-state index contributed by atoms with van der Waals surface area (Å²) in [4.78, 5) is 4.28. The lowest BCUT2D eigenvalue weighted by Gasteiger charge is -2.02. The molecule has 0 unspecified atom stereocenters. The molecule has 102 valence electrons. The minimum atomic E-state index is 0.619. The lowest BCUT2D eigenvalue weighted by molar-refractivity contribution is 0.198. The summed E-state index contributed by atoms with van der Waals surface area (Å²) in [6.07, 6.45) is 1.78. The summed E-state index contributed by atoms with van der Waals surface area (Å²) in [5.41, 5.74) is 3.53. The van der Waals surface area contributed by atoms with E-state index in [9.17, 15) is 0 Å². The van der Waals surface area contributed by atoms with Crippen molar-refractivity contribution in [3.8, 4) is 11.3 Å². The van der Waals surface area contributed by atoms with Crippen molar-refractivity contribution in [2.24, 2.45) is 0 Å². The van der Waals surface area contributed by atoms with Crippen LogP contribution in [0.25, 0.3) is 11.3 Å². The molecule has 1 N–H and O–H groups in total. The molecule has 0 aliphatic heterocycles. The van der Waals surface area contributed by atoms with Crippen LogP contribution in [0.1, 0.15) is 17.0 Å². The van der Waals surface area contributed by atoms with Crippen LogP contribution in [0.15, 0.2) is 28.8 Å². The van der Waals surface area contributed by atoms with Crippen LogP contribution >= 0.6 is 0 Å². The second-order valence-electron chi connectivity index (χ2n) is 4.66. The van der Waals surface area contributed by atoms with E-state index in [4.69, 9.17) is 9.15 Å². The summed E-state index contributed by atoms with van der Waals surface area (Å²) < 4.78 is 10.7. The normalized spacial score (nSPS) is 10.9. The van der Waals surface area contributed by atoms with Crippen LogP contribution < -0.4 is 5.32 Å². The maximum Gasteiger partial charge on any atom is 0.208 e. The van der Waals surface area contributed by atoms with Gasteiger partial charge in [0.05, 0.1) is 19.3 Å². The van der Waals surface area contributed by atoms with Crippen molar-refractivity contribution >= 4 is 0 Å². The highest BCUT2D eigenvalue weighted by Gasteiger charge is 2.07. The van der Waals surface area contributed by atoms with Gasteiger partial charge in [0.15, 0.2) is 5.76 Å². The number of oxazole rings is 1. The van der Waals surface area contributed by atoms with Gasteiger partial charge in [0.2, 0.25) is 5.89 Å². The fourth-order valence-electron chi connectivity index (χ4n) is 2.01. The molecule has 0 spiro atoms. The Kier molecular flexibility index (Phi) is 4.71. The van der Waals surface area contributed by atoms with Gasteiger partial charge in [0.25, 0.3) is 0 Å². The van der Waals surface area contributed by atoms with E-state index in [2.05, 4.69) is 42.3 Å². The van der Waals surface area contributed by atoms with E-state index in [-0.39, 0.29) is 0 Å². The Labute approximate surface area is 113 Å². The SMILES string of the molecule is COCCNCc1ncc(-c2cc(C)cc(C)c2)o1. The highest BCUT2D eigenvalue weighted by atomic mass is 16.5. The number of hydrogen-bond acceptors (Lipinski definition) is 4. The van der Waals surface area contributed by atoms with Crippen molar-refractivity contribution in [3.63, 3.8) is 0 Å². The molecule has 0 amide bonds. The molecule has 2 aromatic rings. The Bertz CT molecular complexity index is 514. The number of nitrogens with one attached hydrogen (secondary N) is 1. The van der Waals surface area contributed by atoms with Crippen molar-refractivity contribution in [3.05, 3.63) is 41.4 Å². The Morgan fingerprint density at radius 1 is 1.21 bits per heavy atom. The predicted octanol–water partition coefficient (Wildman–Crippen LogP) is 2.69. The molecule has 0 saturated heterocycles. The van der Waals surface area contributed by atoms with E-state index in [0.717, 1.165) is 17.9 Å². The zero-order valence-corrected chi connectivity index (χ0v) is 11.7. The zero-order valence-electron chi connectivity index (χ0n) is 11.7. The minimum Gasteiger partial charge on any atom is -0.439 e. The topological polar surface area (TPSA) is 47.3 Å². The summed E-state index contributed by atoms with van der Waals surface area (Å²) in [7, 11) is 1.69. The number of ether oxygens (including phenoxy) is 1. The average Bonchev–Trinajstić information content (AvgIpc) is 2.82. The number of aryl methyl sites for hydroxylation is 2. The third kappa shape index (κ3) is 3.91. The third-order valence-corrected chi connectivity index (χ3v) is 2.82. The molecule has 0 fully saturated rings. The molecule has 0 aliphatic rings. The number of rotatable bonds is 6. The number of nitrogens with zero attached hydrogens (tertiary/aromatic N) is 1. The lowest BCUT2D eigenvalue weighted by Crippen LogP contribution is -2.18. The molecule has 19 heavy (non-hydrogen) atoms. The van der Waals surface area contributed by atoms with E-state index in [0.29, 0.717) is 19.0 Å². The van der Waals surface area contributed by atoms with Gasteiger partial charge in [-0.15, -0.1) is 0 Å². The number of benzene rings is 1. The van der Waals surface area contributed by atoms with Gasteiger partial charge >= 0.3 is 0 Å². The predicted molar refractivity (Wildman–Crippen MR) is 75.0 cm³/mol. The summed E-state index contributed by atoms with van der Waals surface area (Å²) in [6, 6.07) is 6.36. The van der Waals surface area contributed by atoms with Crippen LogP contribution in [0.4, 0.5) is 0 Å². The van der Waals surface area contributed by atoms with Crippen molar-refractivity contribution in [2.75, 3.05) is 20.3 Å². The first-order chi connectivity index (χ1) is 9.19. The second-order valence-corrected chi connectivity index (χ2v) is 4.66. The Hall–Kier alpha value is -1.65. The molecule has 0 atom stereocenters. The Morgan fingerprint density at radius 3 is 2.63 bits per heavy atom. The van der Waals surface area contributed by atoms with Crippen LogP contribution in [0, 0.1) is 13.8 Å². The quantitative estimate of drug-likeness (QED) is 0.811. The lowest BCUT2D eigenvalue weighted by atomic mass is 10.1. The maximum atomic E-state index is 5.75. The van der Waals surface area contributed by atoms with Gasteiger partial charge < -0.3 is 14.5 Å². The molecular weight excluding hydrogens is 240 g/mol. The van der Waals surface area contributed by atoms with Gasteiger partial charge in [0.1, 0.15) is 0 Å². The van der Waals surface area contributed by atoms with Gasteiger partial charge in [0, 0.05) is 19.2 Å². The second kappa shape index (κ2) is 6.50. The number of methoxy groups -OCH3 is 1. The van der Waals surface area contributed by atoms with Crippen LogP contribution in [-0.2, 0) is 11.3 Å². The minimum absolute atomic E-state index is 0.619. The molecule has 1 aromatic heterocycles. The molecule has 0 saturated carbocycles. The molecule has 4 heteroatoms. The number of hydrogen-bond donors (Lipinski definition) is 1. The van der Waals surface area contributed by atoms with E-state index in [1.165, 1.54) is 11.1 Å². The first-order valence-corrected chi connectivity index (χ1v) is 6.42. The van der Waals surface area contributed by atoms with Gasteiger partial charge in [-0.25, -0.2) is 4.98 Å². The van der Waals surface area contributed by atoms with E-state index in [1.54, 1.807) is 13.3 Å². The van der Waals surface area contributed by atoms with Gasteiger partial charge in [-0.05, 0) is 26.0 Å². The van der Waals surface area contributed by atoms with Gasteiger partial charge in [-0.1, -0.05) is 17.2 Å². The Balaban J connectivity index is 2.03. The molecular formula is C15H20N2O2. The van der Waals surface area contributed by atoms with Crippen molar-refractivity contribution in [2.45, 2.75) is 20.4 Å². The van der Waals surface area contributed by atoms with Gasteiger partial charge in [-0.3, -0.25) is 0 Å². The first kappa shape index (κ1) is 13.8. The van der Waals surface area contributed by atoms with Crippen molar-refractivity contribution < 1.29 is 9.15 Å². The van der Waals surface area contributed by atoms with E-state index < -0.39 is 0 Å². The molecule has 2 rings (SSSR count). The average molecular weight is 260 g/mol. The largest absolute Gasteiger partial charge is 0.439 e. The highest BCUT2D eigenvalue weighted by Crippen LogP contribution is 2.22. The monoisotopic (exact) mass is 260 g/mol. The molecule has 1 aromatic carbocycles. The van der Waals surface area contributed by atoms with Crippen LogP contribution in [0.3, 0.4) is 0 Å². The first-order valence-electron chi connectivity index (χ1n) is 6.42. The Morgan fingerprint density at radius 2 is 1.95 bits per heavy atom. The maximum absolute atomic E-state index is 5.75. The third-order valence-electron chi connectivity index (χ3n) is 2.82. The summed E-state index contributed by atoms with van der Waals surface area (Å²) in [5.74, 6) is 1.51. The highest BCUT2D eigenvalue weighted by molar-refractivity contribution is 5.58. The fraction of sp³-hybridized carbons (Fsp3) is 0.400. The van der Waals surface area contributed by atoms with Gasteiger partial charge in [-0.2, -0.15) is 0 Å². The molecule has 0 aliphatic carbocycles. The smallest absolute Gasteiger partial charge is 0.208 e. The molecule has 0 radical (unpaired) electrons.